The number of nitrogens with one attached hydrogen (secondary N) is 1. The third-order valence-corrected chi connectivity index (χ3v) is 4.82. The van der Waals surface area contributed by atoms with E-state index in [1.165, 1.54) is 0 Å². The highest BCUT2D eigenvalue weighted by atomic mass is 32.2. The zero-order chi connectivity index (χ0) is 13.0. The van der Waals surface area contributed by atoms with Gasteiger partial charge in [-0.05, 0) is 30.5 Å². The van der Waals surface area contributed by atoms with E-state index in [0.29, 0.717) is 13.1 Å². The maximum Gasteiger partial charge on any atom is 0.218 e. The molecule has 0 unspecified atom stereocenters. The summed E-state index contributed by atoms with van der Waals surface area (Å²) in [5.41, 5.74) is 4.29. The second-order valence-electron chi connectivity index (χ2n) is 4.33. The molecule has 2 rings (SSSR count). The lowest BCUT2D eigenvalue weighted by molar-refractivity contribution is 0.476. The molecule has 0 atom stereocenters. The van der Waals surface area contributed by atoms with Crippen LogP contribution in [0.4, 0.5) is 5.69 Å². The molecule has 98 valence electrons. The summed E-state index contributed by atoms with van der Waals surface area (Å²) in [5, 5.41) is 3.55. The summed E-state index contributed by atoms with van der Waals surface area (Å²) in [6.45, 7) is 4.64. The van der Waals surface area contributed by atoms with E-state index in [9.17, 15) is 8.42 Å². The molecule has 1 N–H and O–H groups in total. The fraction of sp³-hybridized carbons (Fsp3) is 0.417. The SMILES string of the molecule is C=NNc1ccc(CS(=O)(=O)N2CCCC2)cc1. The summed E-state index contributed by atoms with van der Waals surface area (Å²) in [4.78, 5) is 0. The molecule has 0 aliphatic carbocycles. The maximum absolute atomic E-state index is 12.1. The first kappa shape index (κ1) is 13.0. The van der Waals surface area contributed by atoms with E-state index in [-0.39, 0.29) is 5.75 Å². The van der Waals surface area contributed by atoms with Crippen LogP contribution in [0.1, 0.15) is 18.4 Å². The topological polar surface area (TPSA) is 61.8 Å². The van der Waals surface area contributed by atoms with Crippen LogP contribution in [0.3, 0.4) is 0 Å². The van der Waals surface area contributed by atoms with E-state index in [0.717, 1.165) is 24.1 Å². The molecule has 1 aliphatic heterocycles. The minimum atomic E-state index is -3.16. The van der Waals surface area contributed by atoms with Crippen LogP contribution in [-0.2, 0) is 15.8 Å². The highest BCUT2D eigenvalue weighted by Gasteiger charge is 2.25. The van der Waals surface area contributed by atoms with Crippen molar-refractivity contribution in [2.24, 2.45) is 5.10 Å². The Morgan fingerprint density at radius 3 is 2.39 bits per heavy atom. The van der Waals surface area contributed by atoms with Gasteiger partial charge < -0.3 is 0 Å². The molecule has 0 saturated carbocycles. The summed E-state index contributed by atoms with van der Waals surface area (Å²) in [6.07, 6.45) is 1.93. The maximum atomic E-state index is 12.1. The van der Waals surface area contributed by atoms with Crippen molar-refractivity contribution in [1.29, 1.82) is 0 Å². The average Bonchev–Trinajstić information content (AvgIpc) is 2.86. The lowest BCUT2D eigenvalue weighted by Crippen LogP contribution is -2.29. The van der Waals surface area contributed by atoms with Gasteiger partial charge in [0.1, 0.15) is 0 Å². The van der Waals surface area contributed by atoms with E-state index in [4.69, 9.17) is 0 Å². The van der Waals surface area contributed by atoms with Crippen molar-refractivity contribution < 1.29 is 8.42 Å². The molecule has 1 fully saturated rings. The summed E-state index contributed by atoms with van der Waals surface area (Å²) < 4.78 is 25.8. The van der Waals surface area contributed by atoms with Gasteiger partial charge in [-0.2, -0.15) is 5.10 Å². The van der Waals surface area contributed by atoms with Crippen molar-refractivity contribution in [3.8, 4) is 0 Å². The summed E-state index contributed by atoms with van der Waals surface area (Å²) in [7, 11) is -3.16. The zero-order valence-electron chi connectivity index (χ0n) is 10.2. The molecule has 0 bridgehead atoms. The third-order valence-electron chi connectivity index (χ3n) is 2.97. The van der Waals surface area contributed by atoms with Crippen molar-refractivity contribution in [1.82, 2.24) is 4.31 Å². The van der Waals surface area contributed by atoms with Gasteiger partial charge in [0.25, 0.3) is 0 Å². The number of anilines is 1. The van der Waals surface area contributed by atoms with E-state index in [2.05, 4.69) is 17.2 Å². The number of hydrogen-bond acceptors (Lipinski definition) is 4. The minimum Gasteiger partial charge on any atom is -0.279 e. The van der Waals surface area contributed by atoms with Crippen LogP contribution in [0, 0.1) is 0 Å². The second kappa shape index (κ2) is 5.49. The van der Waals surface area contributed by atoms with Gasteiger partial charge in [0.2, 0.25) is 10.0 Å². The molecule has 6 heteroatoms. The van der Waals surface area contributed by atoms with Crippen molar-refractivity contribution >= 4 is 22.4 Å². The number of hydrogen-bond donors (Lipinski definition) is 1. The lowest BCUT2D eigenvalue weighted by Gasteiger charge is -2.15. The van der Waals surface area contributed by atoms with Crippen LogP contribution >= 0.6 is 0 Å². The van der Waals surface area contributed by atoms with Gasteiger partial charge >= 0.3 is 0 Å². The van der Waals surface area contributed by atoms with E-state index in [1.54, 1.807) is 28.6 Å². The van der Waals surface area contributed by atoms with Crippen molar-refractivity contribution in [2.45, 2.75) is 18.6 Å². The van der Waals surface area contributed by atoms with E-state index < -0.39 is 10.0 Å². The molecule has 5 nitrogen and oxygen atoms in total. The first-order valence-corrected chi connectivity index (χ1v) is 7.51. The fourth-order valence-corrected chi connectivity index (χ4v) is 3.65. The predicted molar refractivity (Wildman–Crippen MR) is 73.0 cm³/mol. The second-order valence-corrected chi connectivity index (χ2v) is 6.30. The standard InChI is InChI=1S/C12H17N3O2S/c1-13-14-12-6-4-11(5-7-12)10-18(16,17)15-8-2-3-9-15/h4-7,14H,1-3,8-10H2. The van der Waals surface area contributed by atoms with Gasteiger partial charge in [-0.25, -0.2) is 12.7 Å². The Labute approximate surface area is 108 Å². The minimum absolute atomic E-state index is 0.0643. The van der Waals surface area contributed by atoms with Crippen LogP contribution in [0.5, 0.6) is 0 Å². The normalized spacial score (nSPS) is 16.7. The highest BCUT2D eigenvalue weighted by molar-refractivity contribution is 7.88. The Hall–Kier alpha value is -1.40. The van der Waals surface area contributed by atoms with E-state index in [1.807, 2.05) is 0 Å². The monoisotopic (exact) mass is 267 g/mol. The van der Waals surface area contributed by atoms with Crippen molar-refractivity contribution in [3.63, 3.8) is 0 Å². The quantitative estimate of drug-likeness (QED) is 0.651. The first-order chi connectivity index (χ1) is 8.62. The summed E-state index contributed by atoms with van der Waals surface area (Å²) >= 11 is 0. The lowest BCUT2D eigenvalue weighted by atomic mass is 10.2. The van der Waals surface area contributed by atoms with Gasteiger partial charge in [-0.3, -0.25) is 5.43 Å². The Morgan fingerprint density at radius 2 is 1.83 bits per heavy atom. The van der Waals surface area contributed by atoms with Crippen LogP contribution in [-0.4, -0.2) is 32.5 Å². The largest absolute Gasteiger partial charge is 0.279 e. The Balaban J connectivity index is 2.06. The summed E-state index contributed by atoms with van der Waals surface area (Å²) in [6, 6.07) is 7.18. The highest BCUT2D eigenvalue weighted by Crippen LogP contribution is 2.18. The zero-order valence-corrected chi connectivity index (χ0v) is 11.0. The number of hydrazone groups is 1. The molecule has 18 heavy (non-hydrogen) atoms. The Bertz CT molecular complexity index is 505. The first-order valence-electron chi connectivity index (χ1n) is 5.90. The smallest absolute Gasteiger partial charge is 0.218 e. The number of benzene rings is 1. The molecule has 0 amide bonds. The molecule has 1 aliphatic rings. The van der Waals surface area contributed by atoms with Crippen molar-refractivity contribution in [3.05, 3.63) is 29.8 Å². The van der Waals surface area contributed by atoms with Crippen LogP contribution in [0.2, 0.25) is 0 Å². The van der Waals surface area contributed by atoms with Gasteiger partial charge in [0.15, 0.2) is 0 Å². The van der Waals surface area contributed by atoms with Gasteiger partial charge in [-0.15, -0.1) is 0 Å². The number of sulfonamides is 1. The van der Waals surface area contributed by atoms with Crippen LogP contribution < -0.4 is 5.43 Å². The predicted octanol–water partition coefficient (Wildman–Crippen LogP) is 1.64. The van der Waals surface area contributed by atoms with Crippen molar-refractivity contribution in [2.75, 3.05) is 18.5 Å². The number of rotatable bonds is 5. The molecule has 1 aromatic rings. The Kier molecular flexibility index (Phi) is 3.98. The van der Waals surface area contributed by atoms with Gasteiger partial charge in [-0.1, -0.05) is 12.1 Å². The van der Waals surface area contributed by atoms with E-state index >= 15 is 0 Å². The molecule has 1 aromatic carbocycles. The molecule has 1 saturated heterocycles. The van der Waals surface area contributed by atoms with Crippen LogP contribution in [0.15, 0.2) is 29.4 Å². The average molecular weight is 267 g/mol. The fourth-order valence-electron chi connectivity index (χ4n) is 2.03. The molecular weight excluding hydrogens is 250 g/mol. The molecule has 1 heterocycles. The molecule has 0 aromatic heterocycles. The third kappa shape index (κ3) is 3.08. The van der Waals surface area contributed by atoms with Gasteiger partial charge in [0, 0.05) is 19.8 Å². The molecule has 0 radical (unpaired) electrons. The van der Waals surface area contributed by atoms with Crippen LogP contribution in [0.25, 0.3) is 0 Å². The number of nitrogens with zero attached hydrogens (tertiary/aromatic N) is 2. The molecular formula is C12H17N3O2S. The molecule has 0 spiro atoms. The summed E-state index contributed by atoms with van der Waals surface area (Å²) in [5.74, 6) is 0.0643. The van der Waals surface area contributed by atoms with Gasteiger partial charge in [0.05, 0.1) is 11.4 Å². The Morgan fingerprint density at radius 1 is 1.22 bits per heavy atom.